The highest BCUT2D eigenvalue weighted by atomic mass is 32.2. The number of nitrogens with one attached hydrogen (secondary N) is 1. The molecule has 0 aromatic heterocycles. The van der Waals surface area contributed by atoms with Crippen molar-refractivity contribution in [3.63, 3.8) is 0 Å². The summed E-state index contributed by atoms with van der Waals surface area (Å²) in [6, 6.07) is 16.0. The van der Waals surface area contributed by atoms with E-state index in [1.807, 2.05) is 12.1 Å². The van der Waals surface area contributed by atoms with Crippen LogP contribution in [0.5, 0.6) is 0 Å². The Bertz CT molecular complexity index is 1350. The Kier molecular flexibility index (Phi) is 6.03. The predicted molar refractivity (Wildman–Crippen MR) is 125 cm³/mol. The van der Waals surface area contributed by atoms with Crippen molar-refractivity contribution in [2.75, 3.05) is 35.2 Å². The van der Waals surface area contributed by atoms with E-state index in [0.29, 0.717) is 17.8 Å². The first kappa shape index (κ1) is 23.6. The number of anilines is 3. The van der Waals surface area contributed by atoms with E-state index in [4.69, 9.17) is 0 Å². The van der Waals surface area contributed by atoms with Crippen LogP contribution in [0.4, 0.5) is 30.2 Å². The van der Waals surface area contributed by atoms with E-state index in [0.717, 1.165) is 11.6 Å². The smallest absolute Gasteiger partial charge is 0.378 e. The van der Waals surface area contributed by atoms with Gasteiger partial charge in [0, 0.05) is 31.9 Å². The normalized spacial score (nSPS) is 13.5. The fourth-order valence-corrected chi connectivity index (χ4v) is 5.38. The maximum Gasteiger partial charge on any atom is 0.418 e. The lowest BCUT2D eigenvalue weighted by molar-refractivity contribution is -0.136. The Balaban J connectivity index is 1.64. The Morgan fingerprint density at radius 1 is 1.00 bits per heavy atom. The number of halogens is 3. The summed E-state index contributed by atoms with van der Waals surface area (Å²) in [6.45, 7) is 0.269. The SMILES string of the molecule is CN(C)c1ccc(NC(=O)c2cccc(S(=O)(=O)N3CCc4ccccc43)c2)c(C(F)(F)F)c1. The molecule has 3 aromatic carbocycles. The Labute approximate surface area is 195 Å². The number of fused-ring (bicyclic) bond motifs is 1. The number of hydrogen-bond donors (Lipinski definition) is 1. The standard InChI is InChI=1S/C24H22F3N3O3S/c1-29(2)18-10-11-21(20(15-18)24(25,26)27)28-23(31)17-7-5-8-19(14-17)34(32,33)30-13-12-16-6-3-4-9-22(16)30/h3-11,14-15H,12-13H2,1-2H3,(H,28,31). The molecule has 1 N–H and O–H groups in total. The summed E-state index contributed by atoms with van der Waals surface area (Å²) in [5, 5.41) is 2.28. The fourth-order valence-electron chi connectivity index (χ4n) is 3.83. The van der Waals surface area contributed by atoms with E-state index in [1.54, 1.807) is 26.2 Å². The Hall–Kier alpha value is -3.53. The second kappa shape index (κ2) is 8.68. The molecule has 6 nitrogen and oxygen atoms in total. The van der Waals surface area contributed by atoms with Crippen LogP contribution in [0.3, 0.4) is 0 Å². The number of carbonyl (C=O) groups excluding carboxylic acids is 1. The van der Waals surface area contributed by atoms with Crippen LogP contribution < -0.4 is 14.5 Å². The van der Waals surface area contributed by atoms with Gasteiger partial charge in [-0.2, -0.15) is 13.2 Å². The number of carbonyl (C=O) groups is 1. The van der Waals surface area contributed by atoms with Gasteiger partial charge in [0.05, 0.1) is 21.8 Å². The van der Waals surface area contributed by atoms with Gasteiger partial charge in [0.25, 0.3) is 15.9 Å². The van der Waals surface area contributed by atoms with Gasteiger partial charge in [-0.15, -0.1) is 0 Å². The maximum absolute atomic E-state index is 13.6. The van der Waals surface area contributed by atoms with Gasteiger partial charge < -0.3 is 10.2 Å². The van der Waals surface area contributed by atoms with Crippen LogP contribution in [-0.4, -0.2) is 35.0 Å². The minimum Gasteiger partial charge on any atom is -0.378 e. The summed E-state index contributed by atoms with van der Waals surface area (Å²) in [5.41, 5.74) is 0.325. The molecule has 1 amide bonds. The van der Waals surface area contributed by atoms with Crippen LogP contribution >= 0.6 is 0 Å². The topological polar surface area (TPSA) is 69.7 Å². The van der Waals surface area contributed by atoms with Crippen LogP contribution in [0.15, 0.2) is 71.6 Å². The number of alkyl halides is 3. The average Bonchev–Trinajstić information content (AvgIpc) is 3.23. The van der Waals surface area contributed by atoms with Crippen molar-refractivity contribution in [1.29, 1.82) is 0 Å². The number of benzene rings is 3. The average molecular weight is 490 g/mol. The molecule has 0 atom stereocenters. The zero-order valence-electron chi connectivity index (χ0n) is 18.4. The van der Waals surface area contributed by atoms with Gasteiger partial charge in [-0.25, -0.2) is 8.42 Å². The third kappa shape index (κ3) is 4.45. The van der Waals surface area contributed by atoms with Gasteiger partial charge >= 0.3 is 6.18 Å². The zero-order valence-corrected chi connectivity index (χ0v) is 19.2. The lowest BCUT2D eigenvalue weighted by Crippen LogP contribution is -2.29. The molecule has 1 aliphatic rings. The molecule has 4 rings (SSSR count). The van der Waals surface area contributed by atoms with Gasteiger partial charge in [0.2, 0.25) is 0 Å². The third-order valence-electron chi connectivity index (χ3n) is 5.60. The highest BCUT2D eigenvalue weighted by Crippen LogP contribution is 2.37. The fraction of sp³-hybridized carbons (Fsp3) is 0.208. The van der Waals surface area contributed by atoms with Crippen LogP contribution in [0.25, 0.3) is 0 Å². The van der Waals surface area contributed by atoms with Crippen LogP contribution in [0, 0.1) is 0 Å². The molecule has 0 unspecified atom stereocenters. The summed E-state index contributed by atoms with van der Waals surface area (Å²) in [7, 11) is -0.741. The largest absolute Gasteiger partial charge is 0.418 e. The molecular formula is C24H22F3N3O3S. The summed E-state index contributed by atoms with van der Waals surface area (Å²) < 4.78 is 68.6. The molecule has 0 aliphatic carbocycles. The van der Waals surface area contributed by atoms with Gasteiger partial charge in [-0.3, -0.25) is 9.10 Å². The number of nitrogens with zero attached hydrogens (tertiary/aromatic N) is 2. The monoisotopic (exact) mass is 489 g/mol. The molecule has 0 spiro atoms. The Morgan fingerprint density at radius 3 is 2.44 bits per heavy atom. The highest BCUT2D eigenvalue weighted by Gasteiger charge is 2.35. The number of sulfonamides is 1. The van der Waals surface area contributed by atoms with Gasteiger partial charge in [-0.05, 0) is 54.4 Å². The quantitative estimate of drug-likeness (QED) is 0.560. The van der Waals surface area contributed by atoms with Crippen molar-refractivity contribution in [1.82, 2.24) is 0 Å². The van der Waals surface area contributed by atoms with Crippen molar-refractivity contribution in [3.8, 4) is 0 Å². The number of hydrogen-bond acceptors (Lipinski definition) is 4. The van der Waals surface area contributed by atoms with Crippen molar-refractivity contribution >= 4 is 33.0 Å². The lowest BCUT2D eigenvalue weighted by atomic mass is 10.1. The van der Waals surface area contributed by atoms with E-state index < -0.39 is 33.4 Å². The molecule has 0 radical (unpaired) electrons. The molecule has 34 heavy (non-hydrogen) atoms. The van der Waals surface area contributed by atoms with Gasteiger partial charge in [0.15, 0.2) is 0 Å². The van der Waals surface area contributed by atoms with Crippen molar-refractivity contribution in [2.45, 2.75) is 17.5 Å². The molecule has 0 fully saturated rings. The highest BCUT2D eigenvalue weighted by molar-refractivity contribution is 7.92. The molecule has 0 saturated heterocycles. The van der Waals surface area contributed by atoms with Crippen molar-refractivity contribution in [2.24, 2.45) is 0 Å². The van der Waals surface area contributed by atoms with E-state index in [2.05, 4.69) is 5.32 Å². The summed E-state index contributed by atoms with van der Waals surface area (Å²) in [6.07, 6.45) is -4.12. The summed E-state index contributed by atoms with van der Waals surface area (Å²) >= 11 is 0. The van der Waals surface area contributed by atoms with Crippen LogP contribution in [0.1, 0.15) is 21.5 Å². The third-order valence-corrected chi connectivity index (χ3v) is 7.41. The van der Waals surface area contributed by atoms with Crippen LogP contribution in [0.2, 0.25) is 0 Å². The first-order valence-electron chi connectivity index (χ1n) is 10.4. The van der Waals surface area contributed by atoms with Gasteiger partial charge in [-0.1, -0.05) is 24.3 Å². The lowest BCUT2D eigenvalue weighted by Gasteiger charge is -2.20. The Morgan fingerprint density at radius 2 is 1.74 bits per heavy atom. The van der Waals surface area contributed by atoms with E-state index in [1.165, 1.54) is 45.6 Å². The molecule has 0 saturated carbocycles. The molecule has 178 valence electrons. The molecule has 1 aliphatic heterocycles. The maximum atomic E-state index is 13.6. The van der Waals surface area contributed by atoms with Crippen LogP contribution in [-0.2, 0) is 22.6 Å². The van der Waals surface area contributed by atoms with E-state index >= 15 is 0 Å². The first-order chi connectivity index (χ1) is 16.0. The summed E-state index contributed by atoms with van der Waals surface area (Å²) in [5.74, 6) is -0.845. The second-order valence-corrected chi connectivity index (χ2v) is 9.92. The molecule has 0 bridgehead atoms. The van der Waals surface area contributed by atoms with Crippen molar-refractivity contribution in [3.05, 3.63) is 83.4 Å². The molecule has 3 aromatic rings. The first-order valence-corrected chi connectivity index (χ1v) is 11.8. The second-order valence-electron chi connectivity index (χ2n) is 8.06. The predicted octanol–water partition coefficient (Wildman–Crippen LogP) is 4.78. The zero-order chi connectivity index (χ0) is 24.7. The summed E-state index contributed by atoms with van der Waals surface area (Å²) in [4.78, 5) is 14.2. The number of rotatable bonds is 5. The van der Waals surface area contributed by atoms with E-state index in [9.17, 15) is 26.4 Å². The molecule has 10 heteroatoms. The van der Waals surface area contributed by atoms with E-state index in [-0.39, 0.29) is 17.0 Å². The minimum atomic E-state index is -4.69. The number of para-hydroxylation sites is 1. The number of amides is 1. The van der Waals surface area contributed by atoms with Crippen molar-refractivity contribution < 1.29 is 26.4 Å². The van der Waals surface area contributed by atoms with Gasteiger partial charge in [0.1, 0.15) is 0 Å². The molecular weight excluding hydrogens is 467 g/mol. The molecule has 1 heterocycles. The minimum absolute atomic E-state index is 0.0710.